The van der Waals surface area contributed by atoms with Gasteiger partial charge in [0.25, 0.3) is 11.8 Å². The van der Waals surface area contributed by atoms with E-state index in [9.17, 15) is 32.7 Å². The number of aromatic hydroxyl groups is 1. The van der Waals surface area contributed by atoms with Gasteiger partial charge in [-0.3, -0.25) is 29.9 Å². The number of nitrogens with one attached hydrogen (secondary N) is 2. The number of ether oxygens (including phenoxy) is 1. The SMILES string of the molecule is COc1ccc([C@H]2C3=CC[C@@H]4C(=O)NC(=O)[C@@H]4[C@@H]3C[C@H]3C(=O)N(Nc4ncc(C(F)(F)F)cc4Cl)C(=O)[C@@]23c2ccc(Cl)cc2)cc1O. The summed E-state index contributed by atoms with van der Waals surface area (Å²) in [5.41, 5.74) is 1.16. The van der Waals surface area contributed by atoms with Crippen LogP contribution in [-0.2, 0) is 30.8 Å². The molecule has 2 aromatic carbocycles. The number of methoxy groups -OCH3 is 1. The van der Waals surface area contributed by atoms with Crippen LogP contribution in [0.25, 0.3) is 0 Å². The van der Waals surface area contributed by atoms with Crippen LogP contribution in [0.15, 0.2) is 66.4 Å². The smallest absolute Gasteiger partial charge is 0.417 e. The van der Waals surface area contributed by atoms with Crippen molar-refractivity contribution < 1.29 is 42.2 Å². The van der Waals surface area contributed by atoms with Gasteiger partial charge in [-0.15, -0.1) is 0 Å². The molecule has 10 nitrogen and oxygen atoms in total. The van der Waals surface area contributed by atoms with Gasteiger partial charge in [-0.1, -0.05) is 53.1 Å². The molecule has 248 valence electrons. The number of fused-ring (bicyclic) bond motifs is 4. The zero-order chi connectivity index (χ0) is 34.3. The molecule has 2 saturated heterocycles. The maximum absolute atomic E-state index is 15.0. The number of anilines is 1. The van der Waals surface area contributed by atoms with E-state index >= 15 is 4.79 Å². The predicted octanol–water partition coefficient (Wildman–Crippen LogP) is 5.39. The van der Waals surface area contributed by atoms with Crippen LogP contribution in [0.3, 0.4) is 0 Å². The zero-order valence-corrected chi connectivity index (χ0v) is 26.4. The molecular formula is C33H25Cl2F3N4O6. The van der Waals surface area contributed by atoms with Gasteiger partial charge in [0.2, 0.25) is 11.8 Å². The topological polar surface area (TPSA) is 138 Å². The monoisotopic (exact) mass is 700 g/mol. The molecule has 3 aromatic rings. The average Bonchev–Trinajstić information content (AvgIpc) is 3.45. The molecule has 3 N–H and O–H groups in total. The highest BCUT2D eigenvalue weighted by molar-refractivity contribution is 6.33. The van der Waals surface area contributed by atoms with E-state index in [2.05, 4.69) is 15.7 Å². The number of carbonyl (C=O) groups excluding carboxylic acids is 4. The van der Waals surface area contributed by atoms with E-state index in [1.807, 2.05) is 6.08 Å². The third-order valence-corrected chi connectivity index (χ3v) is 10.5. The van der Waals surface area contributed by atoms with E-state index in [4.69, 9.17) is 27.9 Å². The van der Waals surface area contributed by atoms with Crippen molar-refractivity contribution in [2.24, 2.45) is 23.7 Å². The molecule has 4 aliphatic rings. The summed E-state index contributed by atoms with van der Waals surface area (Å²) in [5.74, 6) is -7.15. The largest absolute Gasteiger partial charge is 0.504 e. The number of alkyl halides is 3. The van der Waals surface area contributed by atoms with Crippen LogP contribution >= 0.6 is 23.2 Å². The first kappa shape index (κ1) is 32.0. The Labute approximate surface area is 280 Å². The van der Waals surface area contributed by atoms with Crippen LogP contribution in [0.1, 0.15) is 35.4 Å². The summed E-state index contributed by atoms with van der Waals surface area (Å²) in [5, 5.41) is 13.9. The molecule has 0 radical (unpaired) electrons. The molecular weight excluding hydrogens is 676 g/mol. The number of nitrogens with zero attached hydrogens (tertiary/aromatic N) is 2. The van der Waals surface area contributed by atoms with E-state index in [0.29, 0.717) is 39.0 Å². The fraction of sp³-hybridized carbons (Fsp3) is 0.303. The molecule has 0 unspecified atom stereocenters. The number of phenols is 1. The molecule has 7 rings (SSSR count). The molecule has 3 fully saturated rings. The van der Waals surface area contributed by atoms with Crippen molar-refractivity contribution in [1.82, 2.24) is 15.3 Å². The molecule has 3 heterocycles. The van der Waals surface area contributed by atoms with Gasteiger partial charge in [0.15, 0.2) is 17.3 Å². The van der Waals surface area contributed by atoms with Crippen LogP contribution in [0.2, 0.25) is 10.0 Å². The molecule has 4 amide bonds. The second-order valence-corrected chi connectivity index (χ2v) is 13.0. The number of hydrogen-bond acceptors (Lipinski definition) is 8. The molecule has 1 aromatic heterocycles. The van der Waals surface area contributed by atoms with Gasteiger partial charge in [-0.25, -0.2) is 4.98 Å². The summed E-state index contributed by atoms with van der Waals surface area (Å²) in [7, 11) is 1.37. The number of halogens is 5. The van der Waals surface area contributed by atoms with E-state index in [1.54, 1.807) is 30.3 Å². The Kier molecular flexibility index (Phi) is 7.48. The van der Waals surface area contributed by atoms with Gasteiger partial charge in [0.05, 0.1) is 40.9 Å². The summed E-state index contributed by atoms with van der Waals surface area (Å²) in [6.07, 6.45) is -2.21. The first-order chi connectivity index (χ1) is 22.8. The highest BCUT2D eigenvalue weighted by atomic mass is 35.5. The number of rotatable bonds is 5. The number of carbonyl (C=O) groups is 4. The van der Waals surface area contributed by atoms with Crippen LogP contribution in [0.4, 0.5) is 19.0 Å². The molecule has 0 spiro atoms. The van der Waals surface area contributed by atoms with Gasteiger partial charge >= 0.3 is 6.18 Å². The van der Waals surface area contributed by atoms with Crippen molar-refractivity contribution in [2.45, 2.75) is 30.4 Å². The first-order valence-corrected chi connectivity index (χ1v) is 15.6. The van der Waals surface area contributed by atoms with Crippen molar-refractivity contribution in [3.05, 3.63) is 93.1 Å². The number of amides is 4. The third kappa shape index (κ3) is 4.66. The number of aromatic nitrogens is 1. The summed E-state index contributed by atoms with van der Waals surface area (Å²) in [6.45, 7) is 0. The molecule has 0 bridgehead atoms. The maximum atomic E-state index is 15.0. The van der Waals surface area contributed by atoms with Crippen molar-refractivity contribution in [2.75, 3.05) is 12.5 Å². The van der Waals surface area contributed by atoms with Crippen LogP contribution in [-0.4, -0.2) is 45.8 Å². The second kappa shape index (κ2) is 11.2. The van der Waals surface area contributed by atoms with Gasteiger partial charge in [0, 0.05) is 17.1 Å². The summed E-state index contributed by atoms with van der Waals surface area (Å²) < 4.78 is 45.3. The Morgan fingerprint density at radius 1 is 1.04 bits per heavy atom. The van der Waals surface area contributed by atoms with E-state index in [-0.39, 0.29) is 30.2 Å². The van der Waals surface area contributed by atoms with Crippen LogP contribution < -0.4 is 15.5 Å². The van der Waals surface area contributed by atoms with Crippen molar-refractivity contribution >= 4 is 52.6 Å². The predicted molar refractivity (Wildman–Crippen MR) is 165 cm³/mol. The number of hydrogen-bond donors (Lipinski definition) is 3. The molecule has 2 aliphatic carbocycles. The Balaban J connectivity index is 1.44. The lowest BCUT2D eigenvalue weighted by molar-refractivity contribution is -0.139. The molecule has 15 heteroatoms. The van der Waals surface area contributed by atoms with Gasteiger partial charge < -0.3 is 9.84 Å². The van der Waals surface area contributed by atoms with Crippen molar-refractivity contribution in [3.63, 3.8) is 0 Å². The fourth-order valence-corrected chi connectivity index (χ4v) is 8.29. The minimum atomic E-state index is -4.74. The normalized spacial score (nSPS) is 28.0. The number of benzene rings is 2. The number of pyridine rings is 1. The van der Waals surface area contributed by atoms with Gasteiger partial charge in [0.1, 0.15) is 0 Å². The quantitative estimate of drug-likeness (QED) is 0.238. The Bertz CT molecular complexity index is 1940. The lowest BCUT2D eigenvalue weighted by Crippen LogP contribution is -2.53. The Morgan fingerprint density at radius 2 is 1.77 bits per heavy atom. The lowest BCUT2D eigenvalue weighted by Gasteiger charge is -2.50. The minimum absolute atomic E-state index is 0.0219. The maximum Gasteiger partial charge on any atom is 0.417 e. The number of allylic oxidation sites excluding steroid dienone is 2. The molecule has 2 aliphatic heterocycles. The summed E-state index contributed by atoms with van der Waals surface area (Å²) in [6, 6.07) is 11.6. The minimum Gasteiger partial charge on any atom is -0.504 e. The number of hydrazine groups is 1. The van der Waals surface area contributed by atoms with E-state index < -0.39 is 75.4 Å². The average molecular weight is 701 g/mol. The van der Waals surface area contributed by atoms with Gasteiger partial charge in [-0.2, -0.15) is 18.2 Å². The highest BCUT2D eigenvalue weighted by Crippen LogP contribution is 2.64. The first-order valence-electron chi connectivity index (χ1n) is 14.8. The van der Waals surface area contributed by atoms with E-state index in [1.165, 1.54) is 19.2 Å². The fourth-order valence-electron chi connectivity index (χ4n) is 7.96. The molecule has 48 heavy (non-hydrogen) atoms. The van der Waals surface area contributed by atoms with Crippen LogP contribution in [0, 0.1) is 23.7 Å². The summed E-state index contributed by atoms with van der Waals surface area (Å²) in [4.78, 5) is 59.2. The van der Waals surface area contributed by atoms with Crippen molar-refractivity contribution in [3.8, 4) is 11.5 Å². The van der Waals surface area contributed by atoms with Gasteiger partial charge in [-0.05, 0) is 60.2 Å². The third-order valence-electron chi connectivity index (χ3n) is 9.94. The Morgan fingerprint density at radius 3 is 2.42 bits per heavy atom. The summed E-state index contributed by atoms with van der Waals surface area (Å²) >= 11 is 12.4. The second-order valence-electron chi connectivity index (χ2n) is 12.2. The Hall–Kier alpha value is -4.62. The lowest BCUT2D eigenvalue weighted by atomic mass is 9.49. The standard InChI is InChI=1S/C33H25Cl2F3N4O6/c1-48-24-9-2-14(10-23(24)43)26-18-7-8-19-25(29(45)40-28(19)44)20(18)12-21-30(46)42(31(47)32(21,26)15-3-5-17(34)6-4-15)41-27-22(35)11-16(13-39-27)33(36,37)38/h2-7,9-11,13,19-21,25-26,43H,8,12H2,1H3,(H,39,41)(H,40,44,45)/t19-,20+,21-,25-,26-,32+/m0/s1. The zero-order valence-electron chi connectivity index (χ0n) is 24.8. The number of imide groups is 2. The highest BCUT2D eigenvalue weighted by Gasteiger charge is 2.70. The molecule has 1 saturated carbocycles. The number of phenolic OH excluding ortho intramolecular Hbond substituents is 1. The van der Waals surface area contributed by atoms with E-state index in [0.717, 1.165) is 0 Å². The van der Waals surface area contributed by atoms with Crippen LogP contribution in [0.5, 0.6) is 11.5 Å². The van der Waals surface area contributed by atoms with Crippen molar-refractivity contribution in [1.29, 1.82) is 0 Å². The molecule has 6 atom stereocenters.